The van der Waals surface area contributed by atoms with Crippen molar-refractivity contribution in [3.8, 4) is 11.4 Å². The van der Waals surface area contributed by atoms with Gasteiger partial charge in [-0.15, -0.1) is 0 Å². The van der Waals surface area contributed by atoms with E-state index in [-0.39, 0.29) is 0 Å². The lowest BCUT2D eigenvalue weighted by atomic mass is 9.98. The Bertz CT molecular complexity index is 589. The number of halogens is 1. The van der Waals surface area contributed by atoms with E-state index in [0.29, 0.717) is 5.92 Å². The van der Waals surface area contributed by atoms with Gasteiger partial charge < -0.3 is 0 Å². The van der Waals surface area contributed by atoms with Crippen molar-refractivity contribution in [3.05, 3.63) is 34.1 Å². The quantitative estimate of drug-likeness (QED) is 0.799. The second-order valence-corrected chi connectivity index (χ2v) is 5.77. The van der Waals surface area contributed by atoms with E-state index in [2.05, 4.69) is 32.5 Å². The molecule has 3 rings (SSSR count). The predicted octanol–water partition coefficient (Wildman–Crippen LogP) is 3.91. The Morgan fingerprint density at radius 3 is 2.94 bits per heavy atom. The average molecular weight is 306 g/mol. The summed E-state index contributed by atoms with van der Waals surface area (Å²) in [5, 5.41) is 4.72. The number of rotatable bonds is 1. The first-order chi connectivity index (χ1) is 8.66. The molecule has 0 aromatic carbocycles. The highest BCUT2D eigenvalue weighted by atomic mass is 79.9. The van der Waals surface area contributed by atoms with E-state index in [1.54, 1.807) is 0 Å². The first kappa shape index (κ1) is 11.9. The van der Waals surface area contributed by atoms with Crippen LogP contribution in [-0.4, -0.2) is 14.8 Å². The minimum Gasteiger partial charge on any atom is -0.267 e. The minimum atomic E-state index is 0.569. The van der Waals surface area contributed by atoms with Crippen LogP contribution in [-0.2, 0) is 6.54 Å². The molecule has 2 aromatic rings. The number of hydrogen-bond donors (Lipinski definition) is 0. The van der Waals surface area contributed by atoms with E-state index in [9.17, 15) is 0 Å². The fourth-order valence-electron chi connectivity index (χ4n) is 2.62. The maximum Gasteiger partial charge on any atom is 0.125 e. The Labute approximate surface area is 115 Å². The summed E-state index contributed by atoms with van der Waals surface area (Å²) in [5.41, 5.74) is 4.27. The molecule has 0 fully saturated rings. The van der Waals surface area contributed by atoms with Crippen LogP contribution in [0.1, 0.15) is 37.1 Å². The summed E-state index contributed by atoms with van der Waals surface area (Å²) in [6, 6.07) is 6.07. The number of aryl methyl sites for hydroxylation is 2. The third kappa shape index (κ3) is 1.88. The second kappa shape index (κ2) is 4.50. The molecule has 18 heavy (non-hydrogen) atoms. The molecule has 0 N–H and O–H groups in total. The number of pyridine rings is 1. The van der Waals surface area contributed by atoms with Crippen LogP contribution in [0.3, 0.4) is 0 Å². The van der Waals surface area contributed by atoms with Gasteiger partial charge in [-0.3, -0.25) is 9.67 Å². The normalized spacial score (nSPS) is 18.7. The van der Waals surface area contributed by atoms with Crippen LogP contribution in [0.15, 0.2) is 22.7 Å². The number of hydrogen-bond acceptors (Lipinski definition) is 2. The Morgan fingerprint density at radius 1 is 1.39 bits per heavy atom. The van der Waals surface area contributed by atoms with Crippen LogP contribution in [0, 0.1) is 6.92 Å². The third-order valence-electron chi connectivity index (χ3n) is 3.54. The molecule has 0 saturated carbocycles. The van der Waals surface area contributed by atoms with Gasteiger partial charge in [0.2, 0.25) is 0 Å². The van der Waals surface area contributed by atoms with Crippen molar-refractivity contribution in [3.63, 3.8) is 0 Å². The number of fused-ring (bicyclic) bond motifs is 1. The van der Waals surface area contributed by atoms with E-state index < -0.39 is 0 Å². The first-order valence-electron chi connectivity index (χ1n) is 6.37. The van der Waals surface area contributed by atoms with E-state index in [4.69, 9.17) is 5.10 Å². The zero-order valence-electron chi connectivity index (χ0n) is 10.7. The smallest absolute Gasteiger partial charge is 0.125 e. The van der Waals surface area contributed by atoms with Gasteiger partial charge in [-0.1, -0.05) is 13.0 Å². The van der Waals surface area contributed by atoms with Crippen molar-refractivity contribution in [2.24, 2.45) is 0 Å². The van der Waals surface area contributed by atoms with Crippen LogP contribution in [0.2, 0.25) is 0 Å². The predicted molar refractivity (Wildman–Crippen MR) is 75.5 cm³/mol. The molecule has 0 saturated heterocycles. The van der Waals surface area contributed by atoms with Gasteiger partial charge in [-0.25, -0.2) is 0 Å². The van der Waals surface area contributed by atoms with Gasteiger partial charge in [0.15, 0.2) is 0 Å². The lowest BCUT2D eigenvalue weighted by Crippen LogP contribution is -2.14. The summed E-state index contributed by atoms with van der Waals surface area (Å²) in [5.74, 6) is 0.569. The van der Waals surface area contributed by atoms with Crippen molar-refractivity contribution in [2.75, 3.05) is 0 Å². The maximum absolute atomic E-state index is 4.72. The average Bonchev–Trinajstić information content (AvgIpc) is 2.68. The van der Waals surface area contributed by atoms with Crippen molar-refractivity contribution < 1.29 is 0 Å². The van der Waals surface area contributed by atoms with E-state index in [0.717, 1.165) is 28.1 Å². The second-order valence-electron chi connectivity index (χ2n) is 4.98. The highest BCUT2D eigenvalue weighted by molar-refractivity contribution is 9.10. The molecule has 0 unspecified atom stereocenters. The standard InChI is InChI=1S/C14H16BrN3/c1-9-5-4-8-18-14(9)12(15)13(17-18)11-7-3-6-10(2)16-11/h3,6-7,9H,4-5,8H2,1-2H3/t9-/m1/s1. The molecule has 1 aliphatic heterocycles. The summed E-state index contributed by atoms with van der Waals surface area (Å²) in [6.45, 7) is 5.30. The van der Waals surface area contributed by atoms with Gasteiger partial charge >= 0.3 is 0 Å². The molecule has 4 heteroatoms. The van der Waals surface area contributed by atoms with Crippen molar-refractivity contribution in [2.45, 2.75) is 39.2 Å². The molecule has 2 aromatic heterocycles. The monoisotopic (exact) mass is 305 g/mol. The van der Waals surface area contributed by atoms with Crippen molar-refractivity contribution in [1.82, 2.24) is 14.8 Å². The Hall–Kier alpha value is -1.16. The molecular weight excluding hydrogens is 290 g/mol. The number of nitrogens with zero attached hydrogens (tertiary/aromatic N) is 3. The molecular formula is C14H16BrN3. The van der Waals surface area contributed by atoms with Crippen molar-refractivity contribution >= 4 is 15.9 Å². The summed E-state index contributed by atoms with van der Waals surface area (Å²) >= 11 is 3.72. The molecule has 3 nitrogen and oxygen atoms in total. The van der Waals surface area contributed by atoms with Gasteiger partial charge in [-0.2, -0.15) is 5.10 Å². The highest BCUT2D eigenvalue weighted by Crippen LogP contribution is 2.37. The summed E-state index contributed by atoms with van der Waals surface area (Å²) < 4.78 is 3.25. The lowest BCUT2D eigenvalue weighted by Gasteiger charge is -2.20. The SMILES string of the molecule is Cc1cccc(-c2nn3c(c2Br)[C@H](C)CCC3)n1. The Morgan fingerprint density at radius 2 is 2.22 bits per heavy atom. The fraction of sp³-hybridized carbons (Fsp3) is 0.429. The van der Waals surface area contributed by atoms with Gasteiger partial charge in [0.1, 0.15) is 5.69 Å². The molecule has 94 valence electrons. The summed E-state index contributed by atoms with van der Waals surface area (Å²) in [4.78, 5) is 4.57. The zero-order chi connectivity index (χ0) is 12.7. The zero-order valence-corrected chi connectivity index (χ0v) is 12.2. The van der Waals surface area contributed by atoms with Crippen LogP contribution in [0.25, 0.3) is 11.4 Å². The van der Waals surface area contributed by atoms with Gasteiger partial charge in [0, 0.05) is 12.2 Å². The molecule has 0 amide bonds. The van der Waals surface area contributed by atoms with Crippen LogP contribution < -0.4 is 0 Å². The van der Waals surface area contributed by atoms with Gasteiger partial charge in [-0.05, 0) is 53.7 Å². The molecule has 0 radical (unpaired) electrons. The van der Waals surface area contributed by atoms with Crippen LogP contribution in [0.5, 0.6) is 0 Å². The largest absolute Gasteiger partial charge is 0.267 e. The Balaban J connectivity index is 2.14. The van der Waals surface area contributed by atoms with Gasteiger partial charge in [0.25, 0.3) is 0 Å². The topological polar surface area (TPSA) is 30.7 Å². The summed E-state index contributed by atoms with van der Waals surface area (Å²) in [6.07, 6.45) is 2.45. The van der Waals surface area contributed by atoms with E-state index in [1.807, 2.05) is 25.1 Å². The van der Waals surface area contributed by atoms with E-state index in [1.165, 1.54) is 18.5 Å². The summed E-state index contributed by atoms with van der Waals surface area (Å²) in [7, 11) is 0. The van der Waals surface area contributed by atoms with Gasteiger partial charge in [0.05, 0.1) is 15.9 Å². The Kier molecular flexibility index (Phi) is 2.98. The molecule has 0 aliphatic carbocycles. The number of aromatic nitrogens is 3. The molecule has 1 atom stereocenters. The molecule has 3 heterocycles. The van der Waals surface area contributed by atoms with E-state index >= 15 is 0 Å². The van der Waals surface area contributed by atoms with Crippen LogP contribution in [0.4, 0.5) is 0 Å². The minimum absolute atomic E-state index is 0.569. The fourth-order valence-corrected chi connectivity index (χ4v) is 3.49. The lowest BCUT2D eigenvalue weighted by molar-refractivity contribution is 0.439. The molecule has 1 aliphatic rings. The third-order valence-corrected chi connectivity index (χ3v) is 4.32. The molecule has 0 spiro atoms. The molecule has 0 bridgehead atoms. The highest BCUT2D eigenvalue weighted by Gasteiger charge is 2.24. The van der Waals surface area contributed by atoms with Crippen molar-refractivity contribution in [1.29, 1.82) is 0 Å². The van der Waals surface area contributed by atoms with Crippen LogP contribution >= 0.6 is 15.9 Å². The first-order valence-corrected chi connectivity index (χ1v) is 7.16. The maximum atomic E-state index is 4.72.